The van der Waals surface area contributed by atoms with Crippen LogP contribution in [0.1, 0.15) is 27.2 Å². The van der Waals surface area contributed by atoms with Gasteiger partial charge in [-0.25, -0.2) is 4.79 Å². The Morgan fingerprint density at radius 3 is 2.09 bits per heavy atom. The van der Waals surface area contributed by atoms with E-state index in [2.05, 4.69) is 0 Å². The van der Waals surface area contributed by atoms with Crippen LogP contribution < -0.4 is 0 Å². The minimum atomic E-state index is -1.46. The molecule has 0 rings (SSSR count). The average Bonchev–Trinajstić information content (AvgIpc) is 1.88. The van der Waals surface area contributed by atoms with E-state index in [9.17, 15) is 9.18 Å². The SMILES string of the molecule is CCC(=C(F)C(=O)O)C(C)C. The van der Waals surface area contributed by atoms with Crippen LogP contribution in [-0.2, 0) is 4.79 Å². The Kier molecular flexibility index (Phi) is 3.79. The van der Waals surface area contributed by atoms with Gasteiger partial charge in [0.05, 0.1) is 0 Å². The third kappa shape index (κ3) is 2.70. The van der Waals surface area contributed by atoms with Gasteiger partial charge in [-0.05, 0) is 17.9 Å². The van der Waals surface area contributed by atoms with E-state index in [4.69, 9.17) is 5.11 Å². The van der Waals surface area contributed by atoms with Gasteiger partial charge in [-0.2, -0.15) is 4.39 Å². The Labute approximate surface area is 65.7 Å². The van der Waals surface area contributed by atoms with Crippen LogP contribution in [0.15, 0.2) is 11.4 Å². The van der Waals surface area contributed by atoms with E-state index in [0.29, 0.717) is 12.0 Å². The van der Waals surface area contributed by atoms with Gasteiger partial charge in [0.1, 0.15) is 0 Å². The lowest BCUT2D eigenvalue weighted by atomic mass is 10.00. The van der Waals surface area contributed by atoms with Crippen molar-refractivity contribution in [1.82, 2.24) is 0 Å². The van der Waals surface area contributed by atoms with Gasteiger partial charge in [-0.3, -0.25) is 0 Å². The summed E-state index contributed by atoms with van der Waals surface area (Å²) in [7, 11) is 0. The first kappa shape index (κ1) is 10.1. The van der Waals surface area contributed by atoms with Crippen molar-refractivity contribution in [3.05, 3.63) is 11.4 Å². The zero-order valence-corrected chi connectivity index (χ0v) is 7.02. The molecule has 0 atom stereocenters. The van der Waals surface area contributed by atoms with Gasteiger partial charge < -0.3 is 5.11 Å². The van der Waals surface area contributed by atoms with E-state index in [0.717, 1.165) is 0 Å². The molecule has 0 aliphatic rings. The molecule has 0 heterocycles. The summed E-state index contributed by atoms with van der Waals surface area (Å²) in [4.78, 5) is 10.2. The van der Waals surface area contributed by atoms with Crippen LogP contribution in [-0.4, -0.2) is 11.1 Å². The number of rotatable bonds is 3. The van der Waals surface area contributed by atoms with Crippen molar-refractivity contribution in [1.29, 1.82) is 0 Å². The lowest BCUT2D eigenvalue weighted by Crippen LogP contribution is -2.04. The summed E-state index contributed by atoms with van der Waals surface area (Å²) in [6.07, 6.45) is 0.454. The first-order valence-corrected chi connectivity index (χ1v) is 3.62. The molecule has 3 heteroatoms. The maximum Gasteiger partial charge on any atom is 0.364 e. The molecule has 11 heavy (non-hydrogen) atoms. The molecule has 0 aliphatic carbocycles. The van der Waals surface area contributed by atoms with Crippen molar-refractivity contribution < 1.29 is 14.3 Å². The number of allylic oxidation sites excluding steroid dienone is 1. The van der Waals surface area contributed by atoms with Gasteiger partial charge in [-0.1, -0.05) is 20.8 Å². The van der Waals surface area contributed by atoms with E-state index in [1.165, 1.54) is 0 Å². The van der Waals surface area contributed by atoms with Crippen LogP contribution in [0, 0.1) is 5.92 Å². The second-order valence-corrected chi connectivity index (χ2v) is 2.65. The number of aliphatic carboxylic acids is 1. The van der Waals surface area contributed by atoms with Crippen molar-refractivity contribution in [3.8, 4) is 0 Å². The van der Waals surface area contributed by atoms with E-state index in [1.807, 2.05) is 0 Å². The molecule has 0 amide bonds. The van der Waals surface area contributed by atoms with Crippen LogP contribution in [0.3, 0.4) is 0 Å². The molecule has 0 unspecified atom stereocenters. The molecule has 0 spiro atoms. The largest absolute Gasteiger partial charge is 0.476 e. The highest BCUT2D eigenvalue weighted by molar-refractivity contribution is 5.84. The second kappa shape index (κ2) is 4.11. The Bertz CT molecular complexity index is 183. The van der Waals surface area contributed by atoms with Crippen LogP contribution in [0.5, 0.6) is 0 Å². The Hall–Kier alpha value is -0.860. The third-order valence-electron chi connectivity index (χ3n) is 1.55. The van der Waals surface area contributed by atoms with Crippen LogP contribution in [0.25, 0.3) is 0 Å². The highest BCUT2D eigenvalue weighted by Crippen LogP contribution is 2.19. The van der Waals surface area contributed by atoms with Crippen molar-refractivity contribution in [2.45, 2.75) is 27.2 Å². The van der Waals surface area contributed by atoms with Crippen molar-refractivity contribution in [3.63, 3.8) is 0 Å². The van der Waals surface area contributed by atoms with Crippen molar-refractivity contribution >= 4 is 5.97 Å². The van der Waals surface area contributed by atoms with Crippen molar-refractivity contribution in [2.75, 3.05) is 0 Å². The summed E-state index contributed by atoms with van der Waals surface area (Å²) < 4.78 is 12.7. The molecule has 0 aromatic carbocycles. The van der Waals surface area contributed by atoms with Gasteiger partial charge in [0, 0.05) is 0 Å². The van der Waals surface area contributed by atoms with E-state index in [-0.39, 0.29) is 5.92 Å². The second-order valence-electron chi connectivity index (χ2n) is 2.65. The number of hydrogen-bond donors (Lipinski definition) is 1. The quantitative estimate of drug-likeness (QED) is 0.643. The van der Waals surface area contributed by atoms with E-state index < -0.39 is 11.8 Å². The van der Waals surface area contributed by atoms with Crippen LogP contribution >= 0.6 is 0 Å². The molecule has 0 aliphatic heterocycles. The average molecular weight is 160 g/mol. The molecule has 0 bridgehead atoms. The first-order chi connectivity index (χ1) is 5.00. The minimum absolute atomic E-state index is 0.0314. The number of carboxylic acids is 1. The van der Waals surface area contributed by atoms with Gasteiger partial charge >= 0.3 is 5.97 Å². The fourth-order valence-electron chi connectivity index (χ4n) is 0.954. The smallest absolute Gasteiger partial charge is 0.364 e. The molecule has 0 saturated carbocycles. The predicted octanol–water partition coefficient (Wildman–Crippen LogP) is 2.36. The molecular formula is C8H13FO2. The molecular weight excluding hydrogens is 147 g/mol. The highest BCUT2D eigenvalue weighted by Gasteiger charge is 2.14. The molecule has 0 fully saturated rings. The molecule has 0 radical (unpaired) electrons. The first-order valence-electron chi connectivity index (χ1n) is 3.62. The summed E-state index contributed by atoms with van der Waals surface area (Å²) in [6, 6.07) is 0. The predicted molar refractivity (Wildman–Crippen MR) is 40.9 cm³/mol. The zero-order chi connectivity index (χ0) is 9.02. The fraction of sp³-hybridized carbons (Fsp3) is 0.625. The monoisotopic (exact) mass is 160 g/mol. The molecule has 2 nitrogen and oxygen atoms in total. The standard InChI is InChI=1S/C8H13FO2/c1-4-6(5(2)3)7(9)8(10)11/h5H,4H2,1-3H3,(H,10,11). The van der Waals surface area contributed by atoms with Crippen LogP contribution in [0.4, 0.5) is 4.39 Å². The number of carbonyl (C=O) groups is 1. The Morgan fingerprint density at radius 2 is 2.00 bits per heavy atom. The Balaban J connectivity index is 4.68. The van der Waals surface area contributed by atoms with Crippen LogP contribution in [0.2, 0.25) is 0 Å². The summed E-state index contributed by atoms with van der Waals surface area (Å²) in [6.45, 7) is 5.31. The van der Waals surface area contributed by atoms with E-state index >= 15 is 0 Å². The zero-order valence-electron chi connectivity index (χ0n) is 7.02. The molecule has 0 saturated heterocycles. The fourth-order valence-corrected chi connectivity index (χ4v) is 0.954. The lowest BCUT2D eigenvalue weighted by molar-refractivity contribution is -0.134. The number of halogens is 1. The third-order valence-corrected chi connectivity index (χ3v) is 1.55. The molecule has 0 aromatic rings. The van der Waals surface area contributed by atoms with Gasteiger partial charge in [0.15, 0.2) is 0 Å². The normalized spacial score (nSPS) is 13.2. The molecule has 64 valence electrons. The summed E-state index contributed by atoms with van der Waals surface area (Å²) >= 11 is 0. The maximum atomic E-state index is 12.7. The summed E-state index contributed by atoms with van der Waals surface area (Å²) in [5, 5.41) is 8.30. The van der Waals surface area contributed by atoms with Gasteiger partial charge in [-0.15, -0.1) is 0 Å². The maximum absolute atomic E-state index is 12.7. The Morgan fingerprint density at radius 1 is 1.55 bits per heavy atom. The van der Waals surface area contributed by atoms with Crippen molar-refractivity contribution in [2.24, 2.45) is 5.92 Å². The lowest BCUT2D eigenvalue weighted by Gasteiger charge is -2.07. The summed E-state index contributed by atoms with van der Waals surface area (Å²) in [5.74, 6) is -2.49. The summed E-state index contributed by atoms with van der Waals surface area (Å²) in [5.41, 5.74) is 0.373. The van der Waals surface area contributed by atoms with E-state index in [1.54, 1.807) is 20.8 Å². The number of carboxylic acid groups (broad SMARTS) is 1. The number of hydrogen-bond acceptors (Lipinski definition) is 1. The molecule has 1 N–H and O–H groups in total. The van der Waals surface area contributed by atoms with Gasteiger partial charge in [0.25, 0.3) is 0 Å². The highest BCUT2D eigenvalue weighted by atomic mass is 19.1. The minimum Gasteiger partial charge on any atom is -0.476 e. The molecule has 0 aromatic heterocycles. The topological polar surface area (TPSA) is 37.3 Å². The van der Waals surface area contributed by atoms with Gasteiger partial charge in [0.2, 0.25) is 5.83 Å².